The third kappa shape index (κ3) is 20.1. The van der Waals surface area contributed by atoms with Gasteiger partial charge in [-0.2, -0.15) is 48.3 Å². The van der Waals surface area contributed by atoms with Gasteiger partial charge in [-0.25, -0.2) is 0 Å². The molecule has 2 saturated carbocycles. The Morgan fingerprint density at radius 3 is 1.09 bits per heavy atom. The number of halogens is 11. The molecule has 2 aromatic rings. The lowest BCUT2D eigenvalue weighted by molar-refractivity contribution is -0.310. The molecule has 6 nitrogen and oxygen atoms in total. The minimum Gasteiger partial charge on any atom is -0.490 e. The van der Waals surface area contributed by atoms with E-state index in [-0.39, 0.29) is 52.1 Å². The number of hydrogen-bond acceptors (Lipinski definition) is 6. The van der Waals surface area contributed by atoms with Crippen LogP contribution in [0, 0.1) is 46.9 Å². The Balaban J connectivity index is 1.02. The Kier molecular flexibility index (Phi) is 25.3. The normalized spacial score (nSPS) is 19.7. The van der Waals surface area contributed by atoms with E-state index in [0.29, 0.717) is 102 Å². The van der Waals surface area contributed by atoms with Crippen LogP contribution in [-0.2, 0) is 9.47 Å². The molecule has 0 heterocycles. The van der Waals surface area contributed by atoms with E-state index < -0.39 is 82.8 Å². The van der Waals surface area contributed by atoms with Gasteiger partial charge in [-0.3, -0.25) is 0 Å². The minimum absolute atomic E-state index is 0.00174. The van der Waals surface area contributed by atoms with E-state index in [0.717, 1.165) is 75.6 Å². The average Bonchev–Trinajstić information content (AvgIpc) is 3.31. The molecular formula is C52H75F11O6. The van der Waals surface area contributed by atoms with Crippen molar-refractivity contribution in [1.29, 1.82) is 0 Å². The highest BCUT2D eigenvalue weighted by Gasteiger charge is 2.46. The predicted molar refractivity (Wildman–Crippen MR) is 242 cm³/mol. The molecule has 0 N–H and O–H groups in total. The Morgan fingerprint density at radius 1 is 0.420 bits per heavy atom. The summed E-state index contributed by atoms with van der Waals surface area (Å²) in [7, 11) is 0. The van der Waals surface area contributed by atoms with Gasteiger partial charge in [0.25, 0.3) is 6.29 Å². The standard InChI is InChI=1S/C52H75F11O6/c1-3-5-13-19-37-21-25-39(26-22-37)51(60,61)68-43-31-29-41(45(53)47(43)55)64-33-15-9-7-11-17-35-66-49(50(57,58)59)67-36-18-12-8-10-16-34-65-42-30-32-44(48(56)46(42)54)69-52(62,63)40-27-23-38(24-28-40)20-14-6-4-2/h29-32,37-40,49H,3-28,33-36H2,1-2H3. The van der Waals surface area contributed by atoms with Crippen LogP contribution in [0.2, 0.25) is 0 Å². The summed E-state index contributed by atoms with van der Waals surface area (Å²) in [5.41, 5.74) is 0. The monoisotopic (exact) mass is 1000 g/mol. The summed E-state index contributed by atoms with van der Waals surface area (Å²) in [6, 6.07) is 3.96. The second-order valence-corrected chi connectivity index (χ2v) is 19.0. The number of benzene rings is 2. The molecule has 0 aliphatic heterocycles. The lowest BCUT2D eigenvalue weighted by Gasteiger charge is -2.33. The van der Waals surface area contributed by atoms with Crippen LogP contribution >= 0.6 is 0 Å². The highest BCUT2D eigenvalue weighted by Crippen LogP contribution is 2.44. The van der Waals surface area contributed by atoms with Crippen LogP contribution in [0.4, 0.5) is 48.3 Å². The molecule has 17 heteroatoms. The van der Waals surface area contributed by atoms with Crippen molar-refractivity contribution >= 4 is 0 Å². The molecular weight excluding hydrogens is 930 g/mol. The lowest BCUT2D eigenvalue weighted by Crippen LogP contribution is -2.37. The smallest absolute Gasteiger partial charge is 0.440 e. The molecule has 2 aliphatic rings. The van der Waals surface area contributed by atoms with E-state index in [2.05, 4.69) is 13.8 Å². The fourth-order valence-electron chi connectivity index (χ4n) is 9.26. The molecule has 0 spiro atoms. The number of ether oxygens (including phenoxy) is 6. The van der Waals surface area contributed by atoms with Crippen LogP contribution in [-0.4, -0.2) is 51.1 Å². The lowest BCUT2D eigenvalue weighted by atomic mass is 9.79. The molecule has 2 aromatic carbocycles. The summed E-state index contributed by atoms with van der Waals surface area (Å²) in [6.45, 7) is 3.81. The first kappa shape index (κ1) is 58.4. The first-order valence-electron chi connectivity index (χ1n) is 25.6. The van der Waals surface area contributed by atoms with Gasteiger partial charge in [-0.1, -0.05) is 104 Å². The van der Waals surface area contributed by atoms with Gasteiger partial charge in [0, 0.05) is 0 Å². The van der Waals surface area contributed by atoms with E-state index in [9.17, 15) is 48.3 Å². The zero-order valence-corrected chi connectivity index (χ0v) is 40.5. The van der Waals surface area contributed by atoms with Gasteiger partial charge in [-0.05, 0) is 113 Å². The van der Waals surface area contributed by atoms with Crippen molar-refractivity contribution in [3.8, 4) is 23.0 Å². The highest BCUT2D eigenvalue weighted by atomic mass is 19.4. The Bertz CT molecular complexity index is 1610. The molecule has 0 saturated heterocycles. The quantitative estimate of drug-likeness (QED) is 0.0396. The summed E-state index contributed by atoms with van der Waals surface area (Å²) in [5.74, 6) is -9.99. The van der Waals surface area contributed by atoms with Gasteiger partial charge in [0.15, 0.2) is 23.0 Å². The van der Waals surface area contributed by atoms with Crippen molar-refractivity contribution in [2.45, 2.75) is 205 Å². The first-order chi connectivity index (χ1) is 33.0. The number of alkyl halides is 7. The van der Waals surface area contributed by atoms with Gasteiger partial charge in [-0.15, -0.1) is 0 Å². The van der Waals surface area contributed by atoms with Gasteiger partial charge in [0.2, 0.25) is 23.3 Å². The minimum atomic E-state index is -4.74. The van der Waals surface area contributed by atoms with Crippen molar-refractivity contribution in [3.63, 3.8) is 0 Å². The Labute approximate surface area is 402 Å². The van der Waals surface area contributed by atoms with Crippen LogP contribution in [0.3, 0.4) is 0 Å². The second-order valence-electron chi connectivity index (χ2n) is 19.0. The van der Waals surface area contributed by atoms with E-state index in [1.807, 2.05) is 0 Å². The average molecular weight is 1010 g/mol. The summed E-state index contributed by atoms with van der Waals surface area (Å²) in [6.07, 6.45) is 2.60. The van der Waals surface area contributed by atoms with Crippen molar-refractivity contribution in [2.24, 2.45) is 23.7 Å². The van der Waals surface area contributed by atoms with Gasteiger partial charge < -0.3 is 28.4 Å². The van der Waals surface area contributed by atoms with Crippen molar-refractivity contribution in [2.75, 3.05) is 26.4 Å². The van der Waals surface area contributed by atoms with Crippen molar-refractivity contribution in [3.05, 3.63) is 47.5 Å². The maximum atomic E-state index is 14.9. The van der Waals surface area contributed by atoms with E-state index in [1.54, 1.807) is 0 Å². The Hall–Kier alpha value is -3.21. The SMILES string of the molecule is CCCCCC1CCC(C(F)(F)Oc2ccc(OCCCCCCCOC(OCCCCCCCOc3ccc(OC(F)(F)C4CCC(CCCCC)CC4)c(F)c3F)C(F)(F)F)c(F)c2F)CC1. The van der Waals surface area contributed by atoms with Crippen LogP contribution in [0.15, 0.2) is 24.3 Å². The van der Waals surface area contributed by atoms with Gasteiger partial charge in [0.05, 0.1) is 38.3 Å². The van der Waals surface area contributed by atoms with E-state index in [1.165, 1.54) is 0 Å². The maximum absolute atomic E-state index is 14.9. The molecule has 4 rings (SSSR count). The van der Waals surface area contributed by atoms with Crippen LogP contribution in [0.1, 0.15) is 181 Å². The van der Waals surface area contributed by atoms with E-state index >= 15 is 0 Å². The molecule has 396 valence electrons. The van der Waals surface area contributed by atoms with Gasteiger partial charge >= 0.3 is 18.4 Å². The topological polar surface area (TPSA) is 55.4 Å². The zero-order valence-electron chi connectivity index (χ0n) is 40.5. The number of rotatable bonds is 34. The van der Waals surface area contributed by atoms with Crippen LogP contribution in [0.5, 0.6) is 23.0 Å². The predicted octanol–water partition coefficient (Wildman–Crippen LogP) is 17.2. The highest BCUT2D eigenvalue weighted by molar-refractivity contribution is 5.36. The third-order valence-electron chi connectivity index (χ3n) is 13.5. The maximum Gasteiger partial charge on any atom is 0.440 e. The summed E-state index contributed by atoms with van der Waals surface area (Å²) in [4.78, 5) is 0. The van der Waals surface area contributed by atoms with Crippen molar-refractivity contribution < 1.29 is 76.7 Å². The summed E-state index contributed by atoms with van der Waals surface area (Å²) >= 11 is 0. The number of unbranched alkanes of at least 4 members (excludes halogenated alkanes) is 12. The molecule has 0 bridgehead atoms. The fourth-order valence-corrected chi connectivity index (χ4v) is 9.26. The molecule has 0 aromatic heterocycles. The van der Waals surface area contributed by atoms with E-state index in [4.69, 9.17) is 28.4 Å². The second kappa shape index (κ2) is 30.0. The zero-order chi connectivity index (χ0) is 50.3. The van der Waals surface area contributed by atoms with Crippen LogP contribution in [0.25, 0.3) is 0 Å². The molecule has 0 radical (unpaired) electrons. The molecule has 2 fully saturated rings. The Morgan fingerprint density at radius 2 is 0.739 bits per heavy atom. The largest absolute Gasteiger partial charge is 0.490 e. The summed E-state index contributed by atoms with van der Waals surface area (Å²) < 4.78 is 189. The number of hydrogen-bond donors (Lipinski definition) is 0. The summed E-state index contributed by atoms with van der Waals surface area (Å²) in [5, 5.41) is 0. The molecule has 0 atom stereocenters. The molecule has 0 amide bonds. The van der Waals surface area contributed by atoms with Gasteiger partial charge in [0.1, 0.15) is 0 Å². The fraction of sp³-hybridized carbons (Fsp3) is 0.769. The van der Waals surface area contributed by atoms with Crippen LogP contribution < -0.4 is 18.9 Å². The molecule has 0 unspecified atom stereocenters. The van der Waals surface area contributed by atoms with Crippen molar-refractivity contribution in [1.82, 2.24) is 0 Å². The molecule has 69 heavy (non-hydrogen) atoms. The molecule has 2 aliphatic carbocycles. The first-order valence-corrected chi connectivity index (χ1v) is 25.6. The third-order valence-corrected chi connectivity index (χ3v) is 13.5.